The van der Waals surface area contributed by atoms with Gasteiger partial charge in [-0.05, 0) is 37.7 Å². The van der Waals surface area contributed by atoms with E-state index in [-0.39, 0.29) is 24.1 Å². The van der Waals surface area contributed by atoms with Gasteiger partial charge in [-0.15, -0.1) is 0 Å². The molecule has 1 fully saturated rings. The molecule has 18 heavy (non-hydrogen) atoms. The van der Waals surface area contributed by atoms with Crippen molar-refractivity contribution >= 4 is 5.91 Å². The van der Waals surface area contributed by atoms with Crippen LogP contribution >= 0.6 is 0 Å². The minimum atomic E-state index is -0.508. The summed E-state index contributed by atoms with van der Waals surface area (Å²) >= 11 is 0. The Morgan fingerprint density at radius 3 is 2.72 bits per heavy atom. The van der Waals surface area contributed by atoms with Gasteiger partial charge in [0, 0.05) is 18.8 Å². The number of amides is 1. The summed E-state index contributed by atoms with van der Waals surface area (Å²) < 4.78 is 12.9. The summed E-state index contributed by atoms with van der Waals surface area (Å²) in [5.41, 5.74) is 0.249. The van der Waals surface area contributed by atoms with Crippen LogP contribution in [0.5, 0.6) is 0 Å². The summed E-state index contributed by atoms with van der Waals surface area (Å²) in [7, 11) is 0. The van der Waals surface area contributed by atoms with Gasteiger partial charge in [-0.2, -0.15) is 0 Å². The lowest BCUT2D eigenvalue weighted by atomic mass is 9.86. The third-order valence-corrected chi connectivity index (χ3v) is 3.41. The summed E-state index contributed by atoms with van der Waals surface area (Å²) in [4.78, 5) is 15.5. The van der Waals surface area contributed by atoms with Crippen molar-refractivity contribution in [1.29, 1.82) is 0 Å². The second-order valence-electron chi connectivity index (χ2n) is 4.77. The van der Waals surface area contributed by atoms with E-state index in [0.717, 1.165) is 31.9 Å². The van der Waals surface area contributed by atoms with Crippen molar-refractivity contribution < 1.29 is 14.3 Å². The number of halogens is 1. The highest BCUT2D eigenvalue weighted by Crippen LogP contribution is 2.23. The summed E-state index contributed by atoms with van der Waals surface area (Å²) in [5, 5.41) is 11.9. The van der Waals surface area contributed by atoms with Gasteiger partial charge in [0.2, 0.25) is 0 Å². The van der Waals surface area contributed by atoms with E-state index >= 15 is 0 Å². The molecule has 5 heteroatoms. The second kappa shape index (κ2) is 5.91. The Morgan fingerprint density at radius 2 is 2.11 bits per heavy atom. The molecule has 0 aliphatic heterocycles. The molecule has 1 aromatic heterocycles. The Kier molecular flexibility index (Phi) is 4.25. The highest BCUT2D eigenvalue weighted by molar-refractivity contribution is 5.94. The van der Waals surface area contributed by atoms with Gasteiger partial charge in [0.05, 0.1) is 11.8 Å². The highest BCUT2D eigenvalue weighted by atomic mass is 19.1. The molecule has 0 atom stereocenters. The van der Waals surface area contributed by atoms with Crippen LogP contribution in [0, 0.1) is 11.7 Å². The number of aliphatic hydroxyl groups is 1. The Labute approximate surface area is 105 Å². The van der Waals surface area contributed by atoms with Crippen LogP contribution in [0.4, 0.5) is 4.39 Å². The molecule has 0 bridgehead atoms. The van der Waals surface area contributed by atoms with Gasteiger partial charge >= 0.3 is 0 Å². The van der Waals surface area contributed by atoms with Crippen molar-refractivity contribution in [2.45, 2.75) is 31.7 Å². The summed E-state index contributed by atoms with van der Waals surface area (Å²) in [6, 6.07) is 1.30. The van der Waals surface area contributed by atoms with Crippen LogP contribution in [-0.2, 0) is 0 Å². The second-order valence-corrected chi connectivity index (χ2v) is 4.77. The molecule has 1 aliphatic carbocycles. The lowest BCUT2D eigenvalue weighted by Crippen LogP contribution is -2.38. The smallest absolute Gasteiger partial charge is 0.253 e. The van der Waals surface area contributed by atoms with E-state index in [0.29, 0.717) is 5.92 Å². The minimum absolute atomic E-state index is 0.114. The Balaban J connectivity index is 1.89. The van der Waals surface area contributed by atoms with Crippen LogP contribution < -0.4 is 5.32 Å². The summed E-state index contributed by atoms with van der Waals surface area (Å²) in [5.74, 6) is -0.435. The Hall–Kier alpha value is -1.49. The molecule has 0 radical (unpaired) electrons. The molecule has 0 spiro atoms. The maximum Gasteiger partial charge on any atom is 0.253 e. The first kappa shape index (κ1) is 13.0. The van der Waals surface area contributed by atoms with Gasteiger partial charge in [-0.3, -0.25) is 9.78 Å². The van der Waals surface area contributed by atoms with Crippen molar-refractivity contribution in [1.82, 2.24) is 10.3 Å². The van der Waals surface area contributed by atoms with Gasteiger partial charge in [0.15, 0.2) is 0 Å². The van der Waals surface area contributed by atoms with Crippen LogP contribution in [0.3, 0.4) is 0 Å². The Bertz CT molecular complexity index is 417. The summed E-state index contributed by atoms with van der Waals surface area (Å²) in [6.45, 7) is 0.217. The molecular weight excluding hydrogens is 235 g/mol. The number of aliphatic hydroxyl groups excluding tert-OH is 1. The van der Waals surface area contributed by atoms with Crippen LogP contribution in [0.25, 0.3) is 0 Å². The molecule has 1 aromatic rings. The van der Waals surface area contributed by atoms with Crippen molar-refractivity contribution in [2.24, 2.45) is 5.92 Å². The van der Waals surface area contributed by atoms with Crippen LogP contribution in [0.15, 0.2) is 18.5 Å². The van der Waals surface area contributed by atoms with Crippen LogP contribution in [-0.4, -0.2) is 28.6 Å². The fourth-order valence-electron chi connectivity index (χ4n) is 2.29. The molecule has 1 saturated carbocycles. The first-order chi connectivity index (χ1) is 8.69. The maximum absolute atomic E-state index is 12.9. The predicted octanol–water partition coefficient (Wildman–Crippen LogP) is 1.50. The lowest BCUT2D eigenvalue weighted by molar-refractivity contribution is 0.0913. The minimum Gasteiger partial charge on any atom is -0.396 e. The molecule has 98 valence electrons. The number of hydrogen-bond acceptors (Lipinski definition) is 3. The van der Waals surface area contributed by atoms with Crippen molar-refractivity contribution in [3.63, 3.8) is 0 Å². The zero-order chi connectivity index (χ0) is 13.0. The zero-order valence-electron chi connectivity index (χ0n) is 10.1. The number of aromatic nitrogens is 1. The molecule has 2 rings (SSSR count). The largest absolute Gasteiger partial charge is 0.396 e. The monoisotopic (exact) mass is 252 g/mol. The fraction of sp³-hybridized carbons (Fsp3) is 0.538. The number of hydrogen-bond donors (Lipinski definition) is 2. The average molecular weight is 252 g/mol. The molecule has 1 heterocycles. The topological polar surface area (TPSA) is 62.2 Å². The number of pyridine rings is 1. The predicted molar refractivity (Wildman–Crippen MR) is 64.5 cm³/mol. The number of nitrogens with one attached hydrogen (secondary N) is 1. The fourth-order valence-corrected chi connectivity index (χ4v) is 2.29. The van der Waals surface area contributed by atoms with Gasteiger partial charge in [-0.25, -0.2) is 4.39 Å². The average Bonchev–Trinajstić information content (AvgIpc) is 2.39. The molecule has 1 amide bonds. The van der Waals surface area contributed by atoms with Crippen molar-refractivity contribution in [2.75, 3.05) is 6.61 Å². The van der Waals surface area contributed by atoms with E-state index < -0.39 is 5.82 Å². The van der Waals surface area contributed by atoms with E-state index in [1.54, 1.807) is 0 Å². The first-order valence-corrected chi connectivity index (χ1v) is 6.21. The maximum atomic E-state index is 12.9. The van der Waals surface area contributed by atoms with Crippen molar-refractivity contribution in [3.05, 3.63) is 29.8 Å². The highest BCUT2D eigenvalue weighted by Gasteiger charge is 2.22. The number of rotatable bonds is 3. The first-order valence-electron chi connectivity index (χ1n) is 6.21. The van der Waals surface area contributed by atoms with E-state index in [1.165, 1.54) is 12.3 Å². The Morgan fingerprint density at radius 1 is 1.39 bits per heavy atom. The molecular formula is C13H17FN2O2. The normalized spacial score (nSPS) is 23.7. The van der Waals surface area contributed by atoms with E-state index in [2.05, 4.69) is 10.3 Å². The van der Waals surface area contributed by atoms with Crippen LogP contribution in [0.1, 0.15) is 36.0 Å². The third kappa shape index (κ3) is 3.26. The van der Waals surface area contributed by atoms with Gasteiger partial charge < -0.3 is 10.4 Å². The van der Waals surface area contributed by atoms with Crippen molar-refractivity contribution in [3.8, 4) is 0 Å². The number of carbonyl (C=O) groups excluding carboxylic acids is 1. The SMILES string of the molecule is O=C(NC1CCC(CO)CC1)c1cncc(F)c1. The molecule has 0 unspecified atom stereocenters. The number of carbonyl (C=O) groups is 1. The molecule has 4 nitrogen and oxygen atoms in total. The van der Waals surface area contributed by atoms with Gasteiger partial charge in [0.25, 0.3) is 5.91 Å². The molecule has 1 aliphatic rings. The standard InChI is InChI=1S/C13H17FN2O2/c14-11-5-10(6-15-7-11)13(18)16-12-3-1-9(8-17)2-4-12/h5-7,9,12,17H,1-4,8H2,(H,16,18). The third-order valence-electron chi connectivity index (χ3n) is 3.41. The van der Waals surface area contributed by atoms with Gasteiger partial charge in [-0.1, -0.05) is 0 Å². The number of nitrogens with zero attached hydrogens (tertiary/aromatic N) is 1. The van der Waals surface area contributed by atoms with E-state index in [4.69, 9.17) is 5.11 Å². The quantitative estimate of drug-likeness (QED) is 0.857. The molecule has 0 saturated heterocycles. The zero-order valence-corrected chi connectivity index (χ0v) is 10.1. The van der Waals surface area contributed by atoms with E-state index in [9.17, 15) is 9.18 Å². The van der Waals surface area contributed by atoms with E-state index in [1.807, 2.05) is 0 Å². The summed E-state index contributed by atoms with van der Waals surface area (Å²) in [6.07, 6.45) is 5.99. The van der Waals surface area contributed by atoms with Crippen LogP contribution in [0.2, 0.25) is 0 Å². The van der Waals surface area contributed by atoms with Gasteiger partial charge in [0.1, 0.15) is 5.82 Å². The molecule has 0 aromatic carbocycles. The molecule has 2 N–H and O–H groups in total. The lowest BCUT2D eigenvalue weighted by Gasteiger charge is -2.27.